The van der Waals surface area contributed by atoms with Gasteiger partial charge in [0.05, 0.1) is 5.69 Å². The number of aryl methyl sites for hydroxylation is 1. The Labute approximate surface area is 111 Å². The summed E-state index contributed by atoms with van der Waals surface area (Å²) in [7, 11) is 0. The molecule has 0 saturated heterocycles. The van der Waals surface area contributed by atoms with Crippen molar-refractivity contribution in [3.8, 4) is 0 Å². The quantitative estimate of drug-likeness (QED) is 0.878. The molecular weight excluding hydrogens is 280 g/mol. The van der Waals surface area contributed by atoms with Gasteiger partial charge in [-0.15, -0.1) is 0 Å². The third kappa shape index (κ3) is 4.48. The van der Waals surface area contributed by atoms with E-state index in [9.17, 15) is 4.79 Å². The molecule has 4 heteroatoms. The number of rotatable bonds is 5. The number of carbonyl (C=O) groups excluding carboxylic acids is 1. The fourth-order valence-corrected chi connectivity index (χ4v) is 1.82. The molecule has 1 amide bonds. The van der Waals surface area contributed by atoms with Crippen molar-refractivity contribution < 1.29 is 4.79 Å². The molecule has 1 rings (SSSR count). The normalized spacial score (nSPS) is 12.2. The van der Waals surface area contributed by atoms with Crippen LogP contribution in [0.25, 0.3) is 0 Å². The number of nitrogens with two attached hydrogens (primary N) is 1. The Morgan fingerprint density at radius 1 is 1.53 bits per heavy atom. The molecule has 0 fully saturated rings. The highest BCUT2D eigenvalue weighted by Gasteiger charge is 2.08. The van der Waals surface area contributed by atoms with Crippen LogP contribution in [0.15, 0.2) is 22.7 Å². The van der Waals surface area contributed by atoms with E-state index in [2.05, 4.69) is 28.2 Å². The fourth-order valence-electron chi connectivity index (χ4n) is 1.45. The number of nitrogens with one attached hydrogen (secondary N) is 1. The Morgan fingerprint density at radius 3 is 2.88 bits per heavy atom. The minimum atomic E-state index is 0.0385. The number of hydrogen-bond donors (Lipinski definition) is 2. The number of anilines is 1. The van der Waals surface area contributed by atoms with Gasteiger partial charge in [-0.2, -0.15) is 0 Å². The molecule has 3 nitrogen and oxygen atoms in total. The first kappa shape index (κ1) is 14.2. The van der Waals surface area contributed by atoms with Crippen molar-refractivity contribution in [2.75, 3.05) is 11.9 Å². The van der Waals surface area contributed by atoms with E-state index in [1.165, 1.54) is 0 Å². The predicted octanol–water partition coefficient (Wildman–Crippen LogP) is 3.07. The smallest absolute Gasteiger partial charge is 0.224 e. The van der Waals surface area contributed by atoms with Gasteiger partial charge in [-0.25, -0.2) is 0 Å². The Hall–Kier alpha value is -0.870. The van der Waals surface area contributed by atoms with Gasteiger partial charge < -0.3 is 11.1 Å². The maximum absolute atomic E-state index is 11.7. The summed E-state index contributed by atoms with van der Waals surface area (Å²) >= 11 is 3.47. The van der Waals surface area contributed by atoms with Crippen molar-refractivity contribution in [3.63, 3.8) is 0 Å². The largest absolute Gasteiger partial charge is 0.330 e. The monoisotopic (exact) mass is 298 g/mol. The Balaban J connectivity index is 2.54. The molecule has 0 aliphatic heterocycles. The number of benzene rings is 1. The Bertz CT molecular complexity index is 393. The van der Waals surface area contributed by atoms with Crippen LogP contribution >= 0.6 is 15.9 Å². The summed E-state index contributed by atoms with van der Waals surface area (Å²) < 4.78 is 0.945. The minimum Gasteiger partial charge on any atom is -0.330 e. The lowest BCUT2D eigenvalue weighted by molar-refractivity contribution is -0.116. The number of carbonyl (C=O) groups is 1. The number of halogens is 1. The topological polar surface area (TPSA) is 55.1 Å². The van der Waals surface area contributed by atoms with Gasteiger partial charge in [0.15, 0.2) is 0 Å². The van der Waals surface area contributed by atoms with Crippen LogP contribution in [0, 0.1) is 12.8 Å². The summed E-state index contributed by atoms with van der Waals surface area (Å²) in [6.07, 6.45) is 1.34. The zero-order chi connectivity index (χ0) is 12.8. The number of amides is 1. The van der Waals surface area contributed by atoms with Gasteiger partial charge in [0.25, 0.3) is 0 Å². The standard InChI is InChI=1S/C13H19BrN2O/c1-9(8-15)6-7-12(17)16-11-5-3-4-10(2)13(11)14/h3-5,9H,6-8,15H2,1-2H3,(H,16,17). The van der Waals surface area contributed by atoms with Crippen LogP contribution in [-0.2, 0) is 4.79 Å². The molecule has 0 aromatic heterocycles. The first-order valence-corrected chi connectivity index (χ1v) is 6.59. The SMILES string of the molecule is Cc1cccc(NC(=O)CCC(C)CN)c1Br. The lowest BCUT2D eigenvalue weighted by Gasteiger charge is -2.11. The highest BCUT2D eigenvalue weighted by atomic mass is 79.9. The van der Waals surface area contributed by atoms with E-state index >= 15 is 0 Å². The zero-order valence-electron chi connectivity index (χ0n) is 10.3. The molecule has 1 unspecified atom stereocenters. The maximum Gasteiger partial charge on any atom is 0.224 e. The highest BCUT2D eigenvalue weighted by molar-refractivity contribution is 9.10. The summed E-state index contributed by atoms with van der Waals surface area (Å²) in [6.45, 7) is 4.67. The van der Waals surface area contributed by atoms with Crippen LogP contribution in [0.4, 0.5) is 5.69 Å². The average Bonchev–Trinajstić information content (AvgIpc) is 2.32. The maximum atomic E-state index is 11.7. The molecule has 0 bridgehead atoms. The van der Waals surface area contributed by atoms with Crippen molar-refractivity contribution in [1.82, 2.24) is 0 Å². The molecule has 17 heavy (non-hydrogen) atoms. The van der Waals surface area contributed by atoms with E-state index in [4.69, 9.17) is 5.73 Å². The molecule has 0 saturated carbocycles. The summed E-state index contributed by atoms with van der Waals surface area (Å²) in [5.41, 5.74) is 7.45. The first-order chi connectivity index (χ1) is 8.04. The predicted molar refractivity (Wildman–Crippen MR) is 75.0 cm³/mol. The van der Waals surface area contributed by atoms with Gasteiger partial charge in [-0.05, 0) is 53.4 Å². The van der Waals surface area contributed by atoms with Gasteiger partial charge >= 0.3 is 0 Å². The van der Waals surface area contributed by atoms with Gasteiger partial charge in [-0.3, -0.25) is 4.79 Å². The molecular formula is C13H19BrN2O. The van der Waals surface area contributed by atoms with Crippen molar-refractivity contribution in [2.45, 2.75) is 26.7 Å². The van der Waals surface area contributed by atoms with Crippen LogP contribution in [0.1, 0.15) is 25.3 Å². The molecule has 3 N–H and O–H groups in total. The lowest BCUT2D eigenvalue weighted by Crippen LogP contribution is -2.16. The third-order valence-corrected chi connectivity index (χ3v) is 3.79. The van der Waals surface area contributed by atoms with Crippen LogP contribution < -0.4 is 11.1 Å². The molecule has 0 radical (unpaired) electrons. The summed E-state index contributed by atoms with van der Waals surface area (Å²) in [5, 5.41) is 2.90. The zero-order valence-corrected chi connectivity index (χ0v) is 11.9. The van der Waals surface area contributed by atoms with Crippen molar-refractivity contribution in [3.05, 3.63) is 28.2 Å². The Morgan fingerprint density at radius 2 is 2.24 bits per heavy atom. The van der Waals surface area contributed by atoms with E-state index in [1.54, 1.807) is 0 Å². The van der Waals surface area contributed by atoms with E-state index in [0.717, 1.165) is 22.1 Å². The van der Waals surface area contributed by atoms with Crippen LogP contribution in [0.3, 0.4) is 0 Å². The molecule has 0 heterocycles. The van der Waals surface area contributed by atoms with Crippen LogP contribution in [-0.4, -0.2) is 12.5 Å². The molecule has 94 valence electrons. The van der Waals surface area contributed by atoms with Gasteiger partial charge in [0.1, 0.15) is 0 Å². The lowest BCUT2D eigenvalue weighted by atomic mass is 10.1. The van der Waals surface area contributed by atoms with Crippen LogP contribution in [0.5, 0.6) is 0 Å². The molecule has 1 atom stereocenters. The summed E-state index contributed by atoms with van der Waals surface area (Å²) in [5.74, 6) is 0.429. The summed E-state index contributed by atoms with van der Waals surface area (Å²) in [6, 6.07) is 5.82. The Kier molecular flexibility index (Phi) is 5.65. The third-order valence-electron chi connectivity index (χ3n) is 2.73. The molecule has 0 aliphatic rings. The van der Waals surface area contributed by atoms with E-state index in [1.807, 2.05) is 25.1 Å². The fraction of sp³-hybridized carbons (Fsp3) is 0.462. The van der Waals surface area contributed by atoms with Crippen LogP contribution in [0.2, 0.25) is 0 Å². The van der Waals surface area contributed by atoms with E-state index in [0.29, 0.717) is 18.9 Å². The number of hydrogen-bond acceptors (Lipinski definition) is 2. The van der Waals surface area contributed by atoms with Crippen molar-refractivity contribution in [2.24, 2.45) is 11.7 Å². The van der Waals surface area contributed by atoms with Gasteiger partial charge in [0.2, 0.25) is 5.91 Å². The second-order valence-corrected chi connectivity index (χ2v) is 5.16. The van der Waals surface area contributed by atoms with Gasteiger partial charge in [0, 0.05) is 10.9 Å². The molecule has 1 aromatic rings. The van der Waals surface area contributed by atoms with Crippen molar-refractivity contribution >= 4 is 27.5 Å². The first-order valence-electron chi connectivity index (χ1n) is 5.79. The van der Waals surface area contributed by atoms with Crippen molar-refractivity contribution in [1.29, 1.82) is 0 Å². The second-order valence-electron chi connectivity index (χ2n) is 4.36. The van der Waals surface area contributed by atoms with Gasteiger partial charge in [-0.1, -0.05) is 19.1 Å². The highest BCUT2D eigenvalue weighted by Crippen LogP contribution is 2.25. The second kappa shape index (κ2) is 6.77. The van der Waals surface area contributed by atoms with E-state index in [-0.39, 0.29) is 5.91 Å². The van der Waals surface area contributed by atoms with E-state index < -0.39 is 0 Å². The summed E-state index contributed by atoms with van der Waals surface area (Å²) in [4.78, 5) is 11.7. The minimum absolute atomic E-state index is 0.0385. The average molecular weight is 299 g/mol. The molecule has 0 aliphatic carbocycles. The molecule has 1 aromatic carbocycles. The molecule has 0 spiro atoms.